The largest absolute Gasteiger partial charge is 0.324 e. The molecular weight excluding hydrogens is 258 g/mol. The molecule has 1 aromatic heterocycles. The molecule has 0 fully saturated rings. The van der Waals surface area contributed by atoms with Crippen molar-refractivity contribution in [3.8, 4) is 0 Å². The molecule has 0 aliphatic carbocycles. The second-order valence-electron chi connectivity index (χ2n) is 6.74. The van der Waals surface area contributed by atoms with E-state index in [0.717, 1.165) is 18.7 Å². The van der Waals surface area contributed by atoms with Crippen LogP contribution in [0, 0.1) is 6.92 Å². The Morgan fingerprint density at radius 1 is 1.24 bits per heavy atom. The van der Waals surface area contributed by atoms with Gasteiger partial charge in [0.25, 0.3) is 0 Å². The van der Waals surface area contributed by atoms with Gasteiger partial charge < -0.3 is 5.73 Å². The monoisotopic (exact) mass is 285 g/mol. The van der Waals surface area contributed by atoms with E-state index in [9.17, 15) is 0 Å². The predicted molar refractivity (Wildman–Crippen MR) is 88.4 cm³/mol. The van der Waals surface area contributed by atoms with E-state index in [1.54, 1.807) is 0 Å². The van der Waals surface area contributed by atoms with Gasteiger partial charge in [-0.2, -0.15) is 5.10 Å². The normalized spacial score (nSPS) is 13.4. The molecule has 0 saturated heterocycles. The van der Waals surface area contributed by atoms with Gasteiger partial charge in [-0.25, -0.2) is 0 Å². The van der Waals surface area contributed by atoms with E-state index in [1.165, 1.54) is 16.8 Å². The molecule has 0 aliphatic heterocycles. The van der Waals surface area contributed by atoms with E-state index in [0.29, 0.717) is 0 Å². The third kappa shape index (κ3) is 3.53. The molecule has 2 N–H and O–H groups in total. The molecule has 1 aromatic carbocycles. The van der Waals surface area contributed by atoms with Crippen LogP contribution >= 0.6 is 0 Å². The number of hydrogen-bond donors (Lipinski definition) is 1. The molecule has 2 rings (SSSR count). The first-order valence-corrected chi connectivity index (χ1v) is 7.71. The van der Waals surface area contributed by atoms with E-state index in [2.05, 4.69) is 67.8 Å². The molecule has 21 heavy (non-hydrogen) atoms. The van der Waals surface area contributed by atoms with Crippen molar-refractivity contribution in [3.05, 3.63) is 52.8 Å². The Hall–Kier alpha value is -1.61. The van der Waals surface area contributed by atoms with Crippen molar-refractivity contribution in [1.29, 1.82) is 0 Å². The Bertz CT molecular complexity index is 605. The first-order chi connectivity index (χ1) is 9.82. The van der Waals surface area contributed by atoms with Crippen LogP contribution in [0.25, 0.3) is 0 Å². The zero-order valence-electron chi connectivity index (χ0n) is 13.9. The van der Waals surface area contributed by atoms with Crippen LogP contribution < -0.4 is 5.73 Å². The van der Waals surface area contributed by atoms with Crippen molar-refractivity contribution >= 4 is 0 Å². The fourth-order valence-electron chi connectivity index (χ4n) is 2.88. The summed E-state index contributed by atoms with van der Waals surface area (Å²) >= 11 is 0. The SMILES string of the molecule is CCn1nc(C)cc1CC(N)c1ccccc1C(C)(C)C. The quantitative estimate of drug-likeness (QED) is 0.929. The number of hydrogen-bond acceptors (Lipinski definition) is 2. The van der Waals surface area contributed by atoms with Crippen molar-refractivity contribution < 1.29 is 0 Å². The Labute approximate surface area is 128 Å². The summed E-state index contributed by atoms with van der Waals surface area (Å²) in [6.45, 7) is 11.7. The molecule has 1 atom stereocenters. The minimum atomic E-state index is 0.00169. The van der Waals surface area contributed by atoms with E-state index in [4.69, 9.17) is 5.73 Å². The summed E-state index contributed by atoms with van der Waals surface area (Å²) in [5.41, 5.74) is 11.5. The van der Waals surface area contributed by atoms with Gasteiger partial charge in [0.2, 0.25) is 0 Å². The van der Waals surface area contributed by atoms with E-state index in [1.807, 2.05) is 6.92 Å². The number of nitrogens with two attached hydrogens (primary N) is 1. The highest BCUT2D eigenvalue weighted by Gasteiger charge is 2.21. The lowest BCUT2D eigenvalue weighted by Gasteiger charge is -2.26. The van der Waals surface area contributed by atoms with Gasteiger partial charge in [-0.1, -0.05) is 45.0 Å². The average molecular weight is 285 g/mol. The van der Waals surface area contributed by atoms with Crippen LogP contribution in [0.4, 0.5) is 0 Å². The minimum absolute atomic E-state index is 0.00169. The molecule has 1 unspecified atom stereocenters. The maximum absolute atomic E-state index is 6.52. The van der Waals surface area contributed by atoms with Crippen LogP contribution in [0.2, 0.25) is 0 Å². The van der Waals surface area contributed by atoms with Crippen LogP contribution in [0.5, 0.6) is 0 Å². The zero-order valence-corrected chi connectivity index (χ0v) is 13.9. The lowest BCUT2D eigenvalue weighted by molar-refractivity contribution is 0.554. The molecule has 114 valence electrons. The molecule has 0 aliphatic rings. The highest BCUT2D eigenvalue weighted by atomic mass is 15.3. The molecule has 0 amide bonds. The van der Waals surface area contributed by atoms with Gasteiger partial charge in [-0.3, -0.25) is 4.68 Å². The van der Waals surface area contributed by atoms with E-state index in [-0.39, 0.29) is 11.5 Å². The van der Waals surface area contributed by atoms with Gasteiger partial charge in [0, 0.05) is 24.7 Å². The summed E-state index contributed by atoms with van der Waals surface area (Å²) in [6.07, 6.45) is 0.821. The standard InChI is InChI=1S/C18H27N3/c1-6-21-14(11-13(2)20-21)12-17(19)15-9-7-8-10-16(15)18(3,4)5/h7-11,17H,6,12,19H2,1-5H3. The predicted octanol–water partition coefficient (Wildman–Crippen LogP) is 3.75. The molecule has 0 radical (unpaired) electrons. The van der Waals surface area contributed by atoms with Crippen molar-refractivity contribution in [2.75, 3.05) is 0 Å². The summed E-state index contributed by atoms with van der Waals surface area (Å²) in [6, 6.07) is 10.7. The lowest BCUT2D eigenvalue weighted by atomic mass is 9.81. The van der Waals surface area contributed by atoms with Gasteiger partial charge in [0.05, 0.1) is 5.69 Å². The number of aryl methyl sites for hydroxylation is 2. The number of rotatable bonds is 4. The fourth-order valence-corrected chi connectivity index (χ4v) is 2.88. The molecular formula is C18H27N3. The molecule has 0 bridgehead atoms. The van der Waals surface area contributed by atoms with Crippen molar-refractivity contribution in [1.82, 2.24) is 9.78 Å². The van der Waals surface area contributed by atoms with Gasteiger partial charge >= 0.3 is 0 Å². The van der Waals surface area contributed by atoms with Crippen LogP contribution in [0.1, 0.15) is 56.3 Å². The lowest BCUT2D eigenvalue weighted by Crippen LogP contribution is -2.22. The van der Waals surface area contributed by atoms with E-state index < -0.39 is 0 Å². The summed E-state index contributed by atoms with van der Waals surface area (Å²) in [5.74, 6) is 0. The molecule has 3 nitrogen and oxygen atoms in total. The number of aromatic nitrogens is 2. The highest BCUT2D eigenvalue weighted by Crippen LogP contribution is 2.30. The van der Waals surface area contributed by atoms with Crippen LogP contribution in [0.15, 0.2) is 30.3 Å². The molecule has 0 spiro atoms. The smallest absolute Gasteiger partial charge is 0.0596 e. The van der Waals surface area contributed by atoms with Gasteiger partial charge in [-0.05, 0) is 36.5 Å². The van der Waals surface area contributed by atoms with Gasteiger partial charge in [0.15, 0.2) is 0 Å². The minimum Gasteiger partial charge on any atom is -0.324 e. The second kappa shape index (κ2) is 6.02. The Balaban J connectivity index is 2.31. The summed E-state index contributed by atoms with van der Waals surface area (Å²) in [7, 11) is 0. The Morgan fingerprint density at radius 2 is 1.90 bits per heavy atom. The van der Waals surface area contributed by atoms with Crippen LogP contribution in [-0.2, 0) is 18.4 Å². The van der Waals surface area contributed by atoms with Crippen LogP contribution in [0.3, 0.4) is 0 Å². The second-order valence-corrected chi connectivity index (χ2v) is 6.74. The third-order valence-corrected chi connectivity index (χ3v) is 3.88. The van der Waals surface area contributed by atoms with Crippen molar-refractivity contribution in [2.45, 2.75) is 59.0 Å². The molecule has 0 saturated carbocycles. The summed E-state index contributed by atoms with van der Waals surface area (Å²) < 4.78 is 2.05. The Morgan fingerprint density at radius 3 is 2.52 bits per heavy atom. The molecule has 3 heteroatoms. The highest BCUT2D eigenvalue weighted by molar-refractivity contribution is 5.35. The summed E-state index contributed by atoms with van der Waals surface area (Å²) in [4.78, 5) is 0. The number of nitrogens with zero attached hydrogens (tertiary/aromatic N) is 2. The van der Waals surface area contributed by atoms with Crippen LogP contribution in [-0.4, -0.2) is 9.78 Å². The average Bonchev–Trinajstić information content (AvgIpc) is 2.77. The first kappa shape index (κ1) is 15.8. The van der Waals surface area contributed by atoms with E-state index >= 15 is 0 Å². The maximum atomic E-state index is 6.52. The van der Waals surface area contributed by atoms with Crippen molar-refractivity contribution in [3.63, 3.8) is 0 Å². The summed E-state index contributed by atoms with van der Waals surface area (Å²) in [5, 5.41) is 4.51. The Kier molecular flexibility index (Phi) is 4.52. The molecule has 1 heterocycles. The maximum Gasteiger partial charge on any atom is 0.0596 e. The first-order valence-electron chi connectivity index (χ1n) is 7.71. The van der Waals surface area contributed by atoms with Gasteiger partial charge in [0.1, 0.15) is 0 Å². The molecule has 2 aromatic rings. The third-order valence-electron chi connectivity index (χ3n) is 3.88. The number of benzene rings is 1. The fraction of sp³-hybridized carbons (Fsp3) is 0.500. The van der Waals surface area contributed by atoms with Gasteiger partial charge in [-0.15, -0.1) is 0 Å². The zero-order chi connectivity index (χ0) is 15.6. The topological polar surface area (TPSA) is 43.8 Å². The van der Waals surface area contributed by atoms with Crippen molar-refractivity contribution in [2.24, 2.45) is 5.73 Å².